The molecule has 0 aliphatic rings. The van der Waals surface area contributed by atoms with Crippen molar-refractivity contribution in [1.29, 1.82) is 10.8 Å². The Bertz CT molecular complexity index is 958. The second-order valence-corrected chi connectivity index (χ2v) is 9.12. The zero-order valence-corrected chi connectivity index (χ0v) is 25.6. The monoisotopic (exact) mass is 506 g/mol. The molecule has 0 spiro atoms. The van der Waals surface area contributed by atoms with E-state index in [2.05, 4.69) is 82.8 Å². The quantitative estimate of drug-likeness (QED) is 0.186. The van der Waals surface area contributed by atoms with E-state index in [0.717, 1.165) is 40.8 Å². The summed E-state index contributed by atoms with van der Waals surface area (Å²) in [5.74, 6) is 6.63. The molecule has 1 heterocycles. The first-order valence-corrected chi connectivity index (χ1v) is 13.2. The fraction of sp³-hybridized carbons (Fsp3) is 0.485. The summed E-state index contributed by atoms with van der Waals surface area (Å²) in [4.78, 5) is 4.30. The van der Waals surface area contributed by atoms with Gasteiger partial charge in [-0.25, -0.2) is 0 Å². The van der Waals surface area contributed by atoms with Crippen LogP contribution >= 0.6 is 0 Å². The highest BCUT2D eigenvalue weighted by Gasteiger charge is 2.06. The van der Waals surface area contributed by atoms with Crippen LogP contribution in [-0.2, 0) is 0 Å². The van der Waals surface area contributed by atoms with E-state index >= 15 is 0 Å². The van der Waals surface area contributed by atoms with Crippen molar-refractivity contribution in [3.05, 3.63) is 70.6 Å². The number of nitrogens with one attached hydrogen (secondary N) is 2. The van der Waals surface area contributed by atoms with Crippen molar-refractivity contribution >= 4 is 17.5 Å². The molecular weight excluding hydrogens is 452 g/mol. The number of nitrogens with zero attached hydrogens (tertiary/aromatic N) is 1. The summed E-state index contributed by atoms with van der Waals surface area (Å²) in [5.41, 5.74) is 12.2. The van der Waals surface area contributed by atoms with Gasteiger partial charge < -0.3 is 16.6 Å². The van der Waals surface area contributed by atoms with Crippen LogP contribution in [0.4, 0.5) is 0 Å². The summed E-state index contributed by atoms with van der Waals surface area (Å²) in [7, 11) is 1.50. The van der Waals surface area contributed by atoms with Crippen molar-refractivity contribution in [2.45, 2.75) is 94.9 Å². The first-order valence-electron chi connectivity index (χ1n) is 13.2. The number of nitrogens with two attached hydrogens (primary N) is 1. The Hall–Kier alpha value is -3.03. The Morgan fingerprint density at radius 2 is 1.73 bits per heavy atom. The van der Waals surface area contributed by atoms with Gasteiger partial charge in [0.05, 0.1) is 5.69 Å². The highest BCUT2D eigenvalue weighted by atomic mass is 14.7. The average molecular weight is 507 g/mol. The largest absolute Gasteiger partial charge is 0.333 e. The molecule has 0 radical (unpaired) electrons. The molecule has 4 heteroatoms. The van der Waals surface area contributed by atoms with Gasteiger partial charge in [0.15, 0.2) is 0 Å². The average Bonchev–Trinajstić information content (AvgIpc) is 2.83. The molecule has 0 bridgehead atoms. The molecule has 0 amide bonds. The maximum atomic E-state index is 7.59. The van der Waals surface area contributed by atoms with Gasteiger partial charge in [0.1, 0.15) is 0 Å². The summed E-state index contributed by atoms with van der Waals surface area (Å²) in [6.45, 7) is 24.4. The molecule has 0 saturated heterocycles. The normalized spacial score (nSPS) is 9.95. The van der Waals surface area contributed by atoms with Crippen LogP contribution < -0.4 is 5.73 Å². The second-order valence-electron chi connectivity index (χ2n) is 9.12. The van der Waals surface area contributed by atoms with Crippen molar-refractivity contribution < 1.29 is 0 Å². The first-order chi connectivity index (χ1) is 17.4. The first kappa shape index (κ1) is 38.5. The maximum Gasteiger partial charge on any atom is 0.0719 e. The number of allylic oxidation sites excluding steroid dienone is 7. The molecular formula is C33H54N4. The third kappa shape index (κ3) is 20.8. The molecule has 1 atom stereocenters. The summed E-state index contributed by atoms with van der Waals surface area (Å²) in [6, 6.07) is 1.93. The van der Waals surface area contributed by atoms with E-state index in [9.17, 15) is 0 Å². The molecule has 0 fully saturated rings. The molecule has 0 aliphatic heterocycles. The lowest BCUT2D eigenvalue weighted by Crippen LogP contribution is -2.01. The smallest absolute Gasteiger partial charge is 0.0719 e. The van der Waals surface area contributed by atoms with Gasteiger partial charge in [-0.15, -0.1) is 0 Å². The number of hydrogen-bond acceptors (Lipinski definition) is 4. The predicted molar refractivity (Wildman–Crippen MR) is 169 cm³/mol. The standard InChI is InChI=1S/C13H17N3.C10H16.C9H16.CH5N/c1-8(2)11(6-14)13-5-9(3)12(7-16-13)10(4)15;1-4-6-7-8-9-10(3)5-2;1-5-6-9(4)7-8(2)3;1-2/h5-7,14-15H,1-4H3;8-10H,4-5H2,1-3H3;7H,4-6H2,1-3H3;2H2,1H3/b;9-8-;;. The zero-order valence-electron chi connectivity index (χ0n) is 25.6. The fourth-order valence-corrected chi connectivity index (χ4v) is 2.88. The molecule has 0 saturated carbocycles. The van der Waals surface area contributed by atoms with Crippen LogP contribution in [0, 0.1) is 35.5 Å². The van der Waals surface area contributed by atoms with Gasteiger partial charge in [-0.3, -0.25) is 4.98 Å². The third-order valence-corrected chi connectivity index (χ3v) is 4.97. The van der Waals surface area contributed by atoms with E-state index in [1.54, 1.807) is 13.1 Å². The topological polar surface area (TPSA) is 86.6 Å². The Morgan fingerprint density at radius 3 is 2.11 bits per heavy atom. The van der Waals surface area contributed by atoms with E-state index < -0.39 is 0 Å². The van der Waals surface area contributed by atoms with Gasteiger partial charge in [-0.05, 0) is 78.6 Å². The van der Waals surface area contributed by atoms with Crippen LogP contribution in [0.1, 0.15) is 105 Å². The molecule has 206 valence electrons. The zero-order chi connectivity index (χ0) is 29.4. The molecule has 4 N–H and O–H groups in total. The van der Waals surface area contributed by atoms with Gasteiger partial charge in [-0.2, -0.15) is 0 Å². The van der Waals surface area contributed by atoms with E-state index in [-0.39, 0.29) is 0 Å². The van der Waals surface area contributed by atoms with Crippen LogP contribution in [-0.4, -0.2) is 24.0 Å². The van der Waals surface area contributed by atoms with E-state index in [1.807, 2.05) is 32.9 Å². The Kier molecular flexibility index (Phi) is 25.7. The molecule has 1 aromatic rings. The van der Waals surface area contributed by atoms with Gasteiger partial charge in [0.2, 0.25) is 0 Å². The number of hydrogen-bond donors (Lipinski definition) is 3. The lowest BCUT2D eigenvalue weighted by molar-refractivity contribution is 0.698. The van der Waals surface area contributed by atoms with Gasteiger partial charge in [0, 0.05) is 35.7 Å². The van der Waals surface area contributed by atoms with Gasteiger partial charge in [0.25, 0.3) is 0 Å². The highest BCUT2D eigenvalue weighted by molar-refractivity contribution is 6.08. The molecule has 1 rings (SSSR count). The van der Waals surface area contributed by atoms with E-state index in [4.69, 9.17) is 10.8 Å². The van der Waals surface area contributed by atoms with Crippen LogP contribution in [0.25, 0.3) is 5.57 Å². The number of aromatic nitrogens is 1. The molecule has 4 nitrogen and oxygen atoms in total. The number of aryl methyl sites for hydroxylation is 1. The number of rotatable bonds is 8. The summed E-state index contributed by atoms with van der Waals surface area (Å²) < 4.78 is 0. The SMILES string of the molecule is C=C(C=C(C)C)CCC.CC(=N)c1cnc(C(C=N)=C(C)C)cc1C.CCC#C/C=C\C(C)CC.CN. The lowest BCUT2D eigenvalue weighted by Gasteiger charge is -2.08. The van der Waals surface area contributed by atoms with Crippen LogP contribution in [0.2, 0.25) is 0 Å². The maximum absolute atomic E-state index is 7.59. The molecule has 1 aromatic heterocycles. The van der Waals surface area contributed by atoms with Gasteiger partial charge >= 0.3 is 0 Å². The minimum Gasteiger partial charge on any atom is -0.333 e. The fourth-order valence-electron chi connectivity index (χ4n) is 2.88. The minimum absolute atomic E-state index is 0.519. The van der Waals surface area contributed by atoms with E-state index in [0.29, 0.717) is 11.6 Å². The van der Waals surface area contributed by atoms with Crippen LogP contribution in [0.3, 0.4) is 0 Å². The predicted octanol–water partition coefficient (Wildman–Crippen LogP) is 9.11. The second kappa shape index (κ2) is 24.7. The van der Waals surface area contributed by atoms with Crippen molar-refractivity contribution in [3.63, 3.8) is 0 Å². The van der Waals surface area contributed by atoms with Crippen LogP contribution in [0.5, 0.6) is 0 Å². The molecule has 0 aliphatic carbocycles. The Morgan fingerprint density at radius 1 is 1.14 bits per heavy atom. The third-order valence-electron chi connectivity index (χ3n) is 4.97. The Balaban J connectivity index is -0.000000479. The van der Waals surface area contributed by atoms with Crippen molar-refractivity contribution in [2.24, 2.45) is 11.7 Å². The summed E-state index contributed by atoms with van der Waals surface area (Å²) in [6.07, 6.45) is 13.8. The molecule has 1 unspecified atom stereocenters. The molecule has 37 heavy (non-hydrogen) atoms. The van der Waals surface area contributed by atoms with Gasteiger partial charge in [-0.1, -0.05) is 87.8 Å². The van der Waals surface area contributed by atoms with Crippen molar-refractivity contribution in [3.8, 4) is 11.8 Å². The minimum atomic E-state index is 0.519. The molecule has 0 aromatic carbocycles. The lowest BCUT2D eigenvalue weighted by atomic mass is 10.0. The summed E-state index contributed by atoms with van der Waals surface area (Å²) in [5, 5.41) is 15.0. The van der Waals surface area contributed by atoms with Crippen molar-refractivity contribution in [2.75, 3.05) is 7.05 Å². The Labute approximate surface area is 229 Å². The highest BCUT2D eigenvalue weighted by Crippen LogP contribution is 2.17. The summed E-state index contributed by atoms with van der Waals surface area (Å²) >= 11 is 0. The van der Waals surface area contributed by atoms with E-state index in [1.165, 1.54) is 37.3 Å². The van der Waals surface area contributed by atoms with Crippen LogP contribution in [0.15, 0.2) is 53.8 Å². The number of pyridine rings is 1. The van der Waals surface area contributed by atoms with Crippen molar-refractivity contribution in [1.82, 2.24) is 4.98 Å².